The van der Waals surface area contributed by atoms with Crippen LogP contribution in [0.4, 0.5) is 4.39 Å². The summed E-state index contributed by atoms with van der Waals surface area (Å²) in [7, 11) is 0. The first kappa shape index (κ1) is 24.2. The van der Waals surface area contributed by atoms with E-state index in [0.717, 1.165) is 57.2 Å². The molecule has 0 heterocycles. The Kier molecular flexibility index (Phi) is 8.14. The molecule has 176 valence electrons. The van der Waals surface area contributed by atoms with E-state index in [4.69, 9.17) is 0 Å². The molecule has 3 aromatic rings. The van der Waals surface area contributed by atoms with Crippen LogP contribution < -0.4 is 0 Å². The van der Waals surface area contributed by atoms with Crippen molar-refractivity contribution in [2.24, 2.45) is 5.92 Å². The average molecular weight is 455 g/mol. The van der Waals surface area contributed by atoms with E-state index < -0.39 is 5.41 Å². The van der Waals surface area contributed by atoms with Crippen molar-refractivity contribution in [3.05, 3.63) is 107 Å². The van der Waals surface area contributed by atoms with Crippen molar-refractivity contribution in [1.29, 1.82) is 5.26 Å². The fraction of sp³-hybridized carbons (Fsp3) is 0.387. The van der Waals surface area contributed by atoms with Crippen LogP contribution in [0.1, 0.15) is 49.3 Å². The largest absolute Gasteiger partial charge is 0.300 e. The Balaban J connectivity index is 1.46. The molecule has 0 bridgehead atoms. The Morgan fingerprint density at radius 3 is 1.88 bits per heavy atom. The zero-order chi connectivity index (χ0) is 23.8. The Morgan fingerprint density at radius 1 is 0.882 bits per heavy atom. The van der Waals surface area contributed by atoms with Crippen molar-refractivity contribution < 1.29 is 4.39 Å². The topological polar surface area (TPSA) is 27.0 Å². The maximum absolute atomic E-state index is 13.6. The standard InChI is InChI=1S/C31H35FN2/c1-25(18-21-31(24-33,28-12-13-28)29-14-16-30(32)17-15-29)34(22-19-26-8-4-2-5-9-26)23-20-27-10-6-3-7-11-27/h2-11,14-17,25,28H,12-13,18-23H2,1H3. The minimum absolute atomic E-state index is 0.243. The van der Waals surface area contributed by atoms with Crippen LogP contribution >= 0.6 is 0 Å². The lowest BCUT2D eigenvalue weighted by Crippen LogP contribution is -2.38. The second-order valence-corrected chi connectivity index (χ2v) is 9.76. The molecular weight excluding hydrogens is 419 g/mol. The van der Waals surface area contributed by atoms with Crippen molar-refractivity contribution in [2.45, 2.75) is 56.9 Å². The third-order valence-corrected chi connectivity index (χ3v) is 7.47. The second-order valence-electron chi connectivity index (χ2n) is 9.76. The summed E-state index contributed by atoms with van der Waals surface area (Å²) in [4.78, 5) is 2.58. The van der Waals surface area contributed by atoms with Crippen molar-refractivity contribution in [1.82, 2.24) is 4.90 Å². The van der Waals surface area contributed by atoms with E-state index in [9.17, 15) is 9.65 Å². The molecular formula is C31H35FN2. The monoisotopic (exact) mass is 454 g/mol. The predicted octanol–water partition coefficient (Wildman–Crippen LogP) is 6.95. The fourth-order valence-electron chi connectivity index (χ4n) is 5.13. The normalized spacial score (nSPS) is 16.1. The zero-order valence-electron chi connectivity index (χ0n) is 20.2. The first-order valence-electron chi connectivity index (χ1n) is 12.6. The van der Waals surface area contributed by atoms with Crippen LogP contribution in [0.2, 0.25) is 0 Å². The van der Waals surface area contributed by atoms with Gasteiger partial charge in [-0.15, -0.1) is 0 Å². The van der Waals surface area contributed by atoms with Crippen LogP contribution in [0.25, 0.3) is 0 Å². The lowest BCUT2D eigenvalue weighted by Gasteiger charge is -2.33. The Labute approximate surface area is 204 Å². The van der Waals surface area contributed by atoms with Gasteiger partial charge in [-0.1, -0.05) is 72.8 Å². The molecule has 34 heavy (non-hydrogen) atoms. The predicted molar refractivity (Wildman–Crippen MR) is 137 cm³/mol. The van der Waals surface area contributed by atoms with Gasteiger partial charge in [-0.25, -0.2) is 4.39 Å². The van der Waals surface area contributed by atoms with E-state index >= 15 is 0 Å². The summed E-state index contributed by atoms with van der Waals surface area (Å²) in [6.45, 7) is 4.30. The molecule has 0 radical (unpaired) electrons. The molecule has 0 saturated heterocycles. The summed E-state index contributed by atoms with van der Waals surface area (Å²) in [5, 5.41) is 10.3. The van der Waals surface area contributed by atoms with Crippen molar-refractivity contribution in [3.63, 3.8) is 0 Å². The zero-order valence-corrected chi connectivity index (χ0v) is 20.2. The third-order valence-electron chi connectivity index (χ3n) is 7.47. The highest BCUT2D eigenvalue weighted by atomic mass is 19.1. The summed E-state index contributed by atoms with van der Waals surface area (Å²) in [5.74, 6) is 0.144. The minimum Gasteiger partial charge on any atom is -0.300 e. The van der Waals surface area contributed by atoms with E-state index in [1.54, 1.807) is 0 Å². The first-order chi connectivity index (χ1) is 16.6. The highest BCUT2D eigenvalue weighted by Crippen LogP contribution is 2.50. The van der Waals surface area contributed by atoms with Gasteiger partial charge in [-0.3, -0.25) is 0 Å². The molecule has 0 spiro atoms. The maximum atomic E-state index is 13.6. The van der Waals surface area contributed by atoms with Gasteiger partial charge in [0.15, 0.2) is 0 Å². The molecule has 2 unspecified atom stereocenters. The number of hydrogen-bond donors (Lipinski definition) is 0. The SMILES string of the molecule is CC(CCC(C#N)(c1ccc(F)cc1)C1CC1)N(CCc1ccccc1)CCc1ccccc1. The van der Waals surface area contributed by atoms with Gasteiger partial charge in [0.1, 0.15) is 5.82 Å². The summed E-state index contributed by atoms with van der Waals surface area (Å²) in [6, 6.07) is 31.0. The summed E-state index contributed by atoms with van der Waals surface area (Å²) >= 11 is 0. The molecule has 3 heteroatoms. The van der Waals surface area contributed by atoms with Gasteiger partial charge < -0.3 is 4.90 Å². The quantitative estimate of drug-likeness (QED) is 0.296. The van der Waals surface area contributed by atoms with Crippen LogP contribution in [-0.2, 0) is 18.3 Å². The van der Waals surface area contributed by atoms with Crippen molar-refractivity contribution in [3.8, 4) is 6.07 Å². The van der Waals surface area contributed by atoms with E-state index in [2.05, 4.69) is 78.6 Å². The molecule has 0 N–H and O–H groups in total. The van der Waals surface area contributed by atoms with Gasteiger partial charge in [0, 0.05) is 19.1 Å². The number of rotatable bonds is 12. The third kappa shape index (κ3) is 6.13. The van der Waals surface area contributed by atoms with E-state index in [1.165, 1.54) is 23.3 Å². The van der Waals surface area contributed by atoms with Crippen LogP contribution in [0, 0.1) is 23.1 Å². The first-order valence-corrected chi connectivity index (χ1v) is 12.6. The molecule has 0 aliphatic heterocycles. The van der Waals surface area contributed by atoms with Gasteiger partial charge in [-0.05, 0) is 80.2 Å². The van der Waals surface area contributed by atoms with Crippen LogP contribution in [0.15, 0.2) is 84.9 Å². The summed E-state index contributed by atoms with van der Waals surface area (Å²) < 4.78 is 13.6. The molecule has 0 amide bonds. The van der Waals surface area contributed by atoms with Crippen molar-refractivity contribution in [2.75, 3.05) is 13.1 Å². The van der Waals surface area contributed by atoms with Crippen LogP contribution in [0.3, 0.4) is 0 Å². The molecule has 0 aromatic heterocycles. The highest BCUT2D eigenvalue weighted by molar-refractivity contribution is 5.35. The molecule has 3 aromatic carbocycles. The van der Waals surface area contributed by atoms with Crippen molar-refractivity contribution >= 4 is 0 Å². The van der Waals surface area contributed by atoms with E-state index in [0.29, 0.717) is 12.0 Å². The molecule has 2 nitrogen and oxygen atoms in total. The lowest BCUT2D eigenvalue weighted by atomic mass is 9.73. The number of nitriles is 1. The molecule has 1 aliphatic carbocycles. The average Bonchev–Trinajstić information content (AvgIpc) is 3.73. The van der Waals surface area contributed by atoms with Gasteiger partial charge in [0.05, 0.1) is 11.5 Å². The molecule has 1 saturated carbocycles. The minimum atomic E-state index is -0.507. The summed E-state index contributed by atoms with van der Waals surface area (Å²) in [5.41, 5.74) is 3.18. The van der Waals surface area contributed by atoms with Gasteiger partial charge in [0.25, 0.3) is 0 Å². The number of hydrogen-bond acceptors (Lipinski definition) is 2. The summed E-state index contributed by atoms with van der Waals surface area (Å²) in [6.07, 6.45) is 5.98. The maximum Gasteiger partial charge on any atom is 0.123 e. The number of benzene rings is 3. The second kappa shape index (κ2) is 11.4. The Hall–Kier alpha value is -2.96. The van der Waals surface area contributed by atoms with Crippen LogP contribution in [0.5, 0.6) is 0 Å². The van der Waals surface area contributed by atoms with Gasteiger partial charge in [-0.2, -0.15) is 5.26 Å². The smallest absolute Gasteiger partial charge is 0.123 e. The Morgan fingerprint density at radius 2 is 1.41 bits per heavy atom. The molecule has 1 fully saturated rings. The molecule has 1 aliphatic rings. The van der Waals surface area contributed by atoms with E-state index in [1.807, 2.05) is 12.1 Å². The fourth-order valence-corrected chi connectivity index (χ4v) is 5.13. The Bertz CT molecular complexity index is 1010. The lowest BCUT2D eigenvalue weighted by molar-refractivity contribution is 0.192. The van der Waals surface area contributed by atoms with Crippen LogP contribution in [-0.4, -0.2) is 24.0 Å². The highest BCUT2D eigenvalue weighted by Gasteiger charge is 2.46. The van der Waals surface area contributed by atoms with Gasteiger partial charge in [0.2, 0.25) is 0 Å². The van der Waals surface area contributed by atoms with Gasteiger partial charge >= 0.3 is 0 Å². The molecule has 4 rings (SSSR count). The number of halogens is 1. The molecule has 2 atom stereocenters. The van der Waals surface area contributed by atoms with E-state index in [-0.39, 0.29) is 5.82 Å². The number of nitrogens with zero attached hydrogens (tertiary/aromatic N) is 2.